The second-order valence-corrected chi connectivity index (χ2v) is 7.27. The van der Waals surface area contributed by atoms with E-state index >= 15 is 0 Å². The van der Waals surface area contributed by atoms with E-state index in [1.54, 1.807) is 26.2 Å². The van der Waals surface area contributed by atoms with Crippen molar-refractivity contribution in [3.8, 4) is 5.75 Å². The van der Waals surface area contributed by atoms with E-state index in [-0.39, 0.29) is 30.3 Å². The summed E-state index contributed by atoms with van der Waals surface area (Å²) in [5.41, 5.74) is 7.43. The first-order chi connectivity index (χ1) is 13.2. The molecule has 28 heavy (non-hydrogen) atoms. The maximum Gasteiger partial charge on any atom is 0.251 e. The van der Waals surface area contributed by atoms with Crippen LogP contribution in [0.25, 0.3) is 0 Å². The number of carbonyl (C=O) groups excluding carboxylic acids is 3. The summed E-state index contributed by atoms with van der Waals surface area (Å²) in [6.07, 6.45) is 0.553. The maximum absolute atomic E-state index is 12.7. The highest BCUT2D eigenvalue weighted by atomic mass is 16.5. The number of hydrogen-bond acceptors (Lipinski definition) is 5. The Hall–Kier alpha value is -2.61. The van der Waals surface area contributed by atoms with Crippen LogP contribution in [0.1, 0.15) is 41.3 Å². The molecule has 1 aliphatic heterocycles. The minimum Gasteiger partial charge on any atom is -0.496 e. The summed E-state index contributed by atoms with van der Waals surface area (Å²) < 4.78 is 10.8. The number of ether oxygens (including phenoxy) is 2. The Morgan fingerprint density at radius 3 is 2.43 bits per heavy atom. The molecule has 1 saturated heterocycles. The number of aryl methyl sites for hydroxylation is 2. The molecule has 0 saturated carbocycles. The SMILES string of the molecule is COc1c(C)cc(C(=O)N[C@@H]2COCC[C@@H]2NC(=O)C(C)CC(N)=O)cc1C. The van der Waals surface area contributed by atoms with Crippen LogP contribution in [-0.2, 0) is 14.3 Å². The lowest BCUT2D eigenvalue weighted by Crippen LogP contribution is -2.57. The Balaban J connectivity index is 2.07. The molecule has 4 N–H and O–H groups in total. The summed E-state index contributed by atoms with van der Waals surface area (Å²) in [6, 6.07) is 2.90. The maximum atomic E-state index is 12.7. The summed E-state index contributed by atoms with van der Waals surface area (Å²) in [5, 5.41) is 5.86. The van der Waals surface area contributed by atoms with Gasteiger partial charge in [0.05, 0.1) is 25.8 Å². The van der Waals surface area contributed by atoms with Gasteiger partial charge in [0.1, 0.15) is 5.75 Å². The Bertz CT molecular complexity index is 726. The molecule has 8 heteroatoms. The monoisotopic (exact) mass is 391 g/mol. The van der Waals surface area contributed by atoms with Crippen molar-refractivity contribution in [1.82, 2.24) is 10.6 Å². The van der Waals surface area contributed by atoms with Crippen molar-refractivity contribution in [3.05, 3.63) is 28.8 Å². The molecule has 0 bridgehead atoms. The minimum absolute atomic E-state index is 0.0174. The van der Waals surface area contributed by atoms with E-state index in [1.165, 1.54) is 0 Å². The van der Waals surface area contributed by atoms with Gasteiger partial charge in [0, 0.05) is 24.5 Å². The van der Waals surface area contributed by atoms with Crippen molar-refractivity contribution < 1.29 is 23.9 Å². The average molecular weight is 391 g/mol. The third-order valence-corrected chi connectivity index (χ3v) is 4.88. The van der Waals surface area contributed by atoms with Crippen LogP contribution in [0.5, 0.6) is 5.75 Å². The van der Waals surface area contributed by atoms with Gasteiger partial charge < -0.3 is 25.8 Å². The van der Waals surface area contributed by atoms with E-state index in [4.69, 9.17) is 15.2 Å². The summed E-state index contributed by atoms with van der Waals surface area (Å²) in [4.78, 5) is 36.1. The van der Waals surface area contributed by atoms with Gasteiger partial charge in [0.15, 0.2) is 0 Å². The molecule has 1 aromatic rings. The van der Waals surface area contributed by atoms with E-state index < -0.39 is 11.8 Å². The standard InChI is InChI=1S/C20H29N3O5/c1-11-7-14(8-12(2)18(11)27-4)20(26)23-16-10-28-6-5-15(16)22-19(25)13(3)9-17(21)24/h7-8,13,15-16H,5-6,9-10H2,1-4H3,(H2,21,24)(H,22,25)(H,23,26)/t13?,15-,16+/m0/s1. The lowest BCUT2D eigenvalue weighted by Gasteiger charge is -2.33. The molecule has 0 spiro atoms. The van der Waals surface area contributed by atoms with E-state index in [9.17, 15) is 14.4 Å². The second-order valence-electron chi connectivity index (χ2n) is 7.27. The zero-order chi connectivity index (χ0) is 20.8. The second kappa shape index (κ2) is 9.54. The molecule has 0 aromatic heterocycles. The third kappa shape index (κ3) is 5.45. The van der Waals surface area contributed by atoms with Crippen LogP contribution in [0.3, 0.4) is 0 Å². The lowest BCUT2D eigenvalue weighted by molar-refractivity contribution is -0.129. The Morgan fingerprint density at radius 2 is 1.86 bits per heavy atom. The first kappa shape index (κ1) is 21.7. The van der Waals surface area contributed by atoms with Crippen LogP contribution in [0, 0.1) is 19.8 Å². The average Bonchev–Trinajstić information content (AvgIpc) is 2.62. The first-order valence-corrected chi connectivity index (χ1v) is 9.35. The number of hydrogen-bond donors (Lipinski definition) is 3. The highest BCUT2D eigenvalue weighted by Crippen LogP contribution is 2.24. The van der Waals surface area contributed by atoms with Crippen LogP contribution in [-0.4, -0.2) is 50.1 Å². The third-order valence-electron chi connectivity index (χ3n) is 4.88. The molecule has 1 unspecified atom stereocenters. The molecule has 2 rings (SSSR count). The topological polar surface area (TPSA) is 120 Å². The number of primary amides is 1. The van der Waals surface area contributed by atoms with E-state index in [1.807, 2.05) is 13.8 Å². The highest BCUT2D eigenvalue weighted by Gasteiger charge is 2.30. The lowest BCUT2D eigenvalue weighted by atomic mass is 9.99. The van der Waals surface area contributed by atoms with E-state index in [2.05, 4.69) is 10.6 Å². The van der Waals surface area contributed by atoms with Gasteiger partial charge >= 0.3 is 0 Å². The van der Waals surface area contributed by atoms with E-state index in [0.717, 1.165) is 16.9 Å². The van der Waals surface area contributed by atoms with Crippen molar-refractivity contribution in [1.29, 1.82) is 0 Å². The summed E-state index contributed by atoms with van der Waals surface area (Å²) in [6.45, 7) is 6.21. The first-order valence-electron chi connectivity index (χ1n) is 9.35. The number of benzene rings is 1. The predicted molar refractivity (Wildman–Crippen MR) is 104 cm³/mol. The molecule has 154 valence electrons. The van der Waals surface area contributed by atoms with Crippen molar-refractivity contribution in [2.24, 2.45) is 11.7 Å². The number of methoxy groups -OCH3 is 1. The van der Waals surface area contributed by atoms with Gasteiger partial charge in [0.25, 0.3) is 5.91 Å². The smallest absolute Gasteiger partial charge is 0.251 e. The number of amides is 3. The summed E-state index contributed by atoms with van der Waals surface area (Å²) in [5.74, 6) is -0.797. The molecule has 0 radical (unpaired) electrons. The summed E-state index contributed by atoms with van der Waals surface area (Å²) >= 11 is 0. The summed E-state index contributed by atoms with van der Waals surface area (Å²) in [7, 11) is 1.60. The van der Waals surface area contributed by atoms with Crippen LogP contribution in [0.2, 0.25) is 0 Å². The fourth-order valence-electron chi connectivity index (χ4n) is 3.43. The van der Waals surface area contributed by atoms with Crippen LogP contribution < -0.4 is 21.1 Å². The van der Waals surface area contributed by atoms with Gasteiger partial charge in [0.2, 0.25) is 11.8 Å². The largest absolute Gasteiger partial charge is 0.496 e. The van der Waals surface area contributed by atoms with Crippen LogP contribution in [0.4, 0.5) is 0 Å². The number of rotatable bonds is 7. The molecule has 0 aliphatic carbocycles. The molecule has 1 aliphatic rings. The quantitative estimate of drug-likeness (QED) is 0.636. The predicted octanol–water partition coefficient (Wildman–Crippen LogP) is 0.827. The van der Waals surface area contributed by atoms with Gasteiger partial charge in [-0.3, -0.25) is 14.4 Å². The van der Waals surface area contributed by atoms with Crippen LogP contribution in [0.15, 0.2) is 12.1 Å². The molecular formula is C20H29N3O5. The van der Waals surface area contributed by atoms with Crippen molar-refractivity contribution >= 4 is 17.7 Å². The van der Waals surface area contributed by atoms with Crippen molar-refractivity contribution in [3.63, 3.8) is 0 Å². The zero-order valence-corrected chi connectivity index (χ0v) is 16.8. The molecule has 1 heterocycles. The number of nitrogens with one attached hydrogen (secondary N) is 2. The molecule has 3 amide bonds. The van der Waals surface area contributed by atoms with E-state index in [0.29, 0.717) is 25.2 Å². The van der Waals surface area contributed by atoms with Gasteiger partial charge in [-0.2, -0.15) is 0 Å². The van der Waals surface area contributed by atoms with Crippen molar-refractivity contribution in [2.45, 2.75) is 45.7 Å². The fraction of sp³-hybridized carbons (Fsp3) is 0.550. The Labute approximate surface area is 165 Å². The Morgan fingerprint density at radius 1 is 1.21 bits per heavy atom. The van der Waals surface area contributed by atoms with Crippen molar-refractivity contribution in [2.75, 3.05) is 20.3 Å². The fourth-order valence-corrected chi connectivity index (χ4v) is 3.43. The molecule has 8 nitrogen and oxygen atoms in total. The number of carbonyl (C=O) groups is 3. The highest BCUT2D eigenvalue weighted by molar-refractivity contribution is 5.95. The normalized spacial score (nSPS) is 20.1. The van der Waals surface area contributed by atoms with Gasteiger partial charge in [-0.15, -0.1) is 0 Å². The van der Waals surface area contributed by atoms with Crippen LogP contribution >= 0.6 is 0 Å². The molecule has 1 aromatic carbocycles. The van der Waals surface area contributed by atoms with Gasteiger partial charge in [-0.05, 0) is 43.5 Å². The minimum atomic E-state index is -0.524. The van der Waals surface area contributed by atoms with Gasteiger partial charge in [-0.1, -0.05) is 6.92 Å². The Kier molecular flexibility index (Phi) is 7.39. The number of nitrogens with two attached hydrogens (primary N) is 1. The molecule has 3 atom stereocenters. The van der Waals surface area contributed by atoms with Gasteiger partial charge in [-0.25, -0.2) is 0 Å². The molecule has 1 fully saturated rings. The molecular weight excluding hydrogens is 362 g/mol. The zero-order valence-electron chi connectivity index (χ0n) is 16.8.